The fourth-order valence-corrected chi connectivity index (χ4v) is 9.06. The molecule has 2 fully saturated rings. The number of halogens is 3. The lowest BCUT2D eigenvalue weighted by Crippen LogP contribution is -2.48. The average molecular weight is 784 g/mol. The van der Waals surface area contributed by atoms with Gasteiger partial charge in [-0.15, -0.1) is 0 Å². The Bertz CT molecular complexity index is 2150. The van der Waals surface area contributed by atoms with Gasteiger partial charge in [-0.25, -0.2) is 17.9 Å². The van der Waals surface area contributed by atoms with E-state index in [9.17, 15) is 36.0 Å². The number of hydrogen-bond acceptors (Lipinski definition) is 7. The predicted molar refractivity (Wildman–Crippen MR) is 205 cm³/mol. The number of fused-ring (bicyclic) bond motifs is 1. The minimum absolute atomic E-state index is 0.0324. The molecule has 0 spiro atoms. The molecule has 1 unspecified atom stereocenters. The first-order valence-electron chi connectivity index (χ1n) is 18.6. The van der Waals surface area contributed by atoms with Gasteiger partial charge in [0.25, 0.3) is 0 Å². The quantitative estimate of drug-likeness (QED) is 0.115. The molecule has 55 heavy (non-hydrogen) atoms. The zero-order chi connectivity index (χ0) is 39.5. The topological polar surface area (TPSA) is 182 Å². The lowest BCUT2D eigenvalue weighted by Gasteiger charge is -2.32. The van der Waals surface area contributed by atoms with E-state index in [1.807, 2.05) is 14.1 Å². The van der Waals surface area contributed by atoms with E-state index >= 15 is 0 Å². The predicted octanol–water partition coefficient (Wildman–Crippen LogP) is 5.12. The fraction of sp³-hybridized carbons (Fsp3) is 0.462. The number of alkyl halides is 3. The van der Waals surface area contributed by atoms with Crippen molar-refractivity contribution in [2.75, 3.05) is 26.0 Å². The summed E-state index contributed by atoms with van der Waals surface area (Å²) in [6.07, 6.45) is 0.827. The zero-order valence-corrected chi connectivity index (χ0v) is 31.7. The second-order valence-electron chi connectivity index (χ2n) is 15.0. The Hall–Kier alpha value is -4.51. The Morgan fingerprint density at radius 3 is 2.20 bits per heavy atom. The number of nitrogens with one attached hydrogen (secondary N) is 5. The fourth-order valence-electron chi connectivity index (χ4n) is 7.73. The molecular formula is C39H48F3N7O5S. The summed E-state index contributed by atoms with van der Waals surface area (Å²) in [4.78, 5) is 45.8. The molecule has 2 amide bonds. The van der Waals surface area contributed by atoms with Crippen LogP contribution in [0.5, 0.6) is 0 Å². The highest BCUT2D eigenvalue weighted by molar-refractivity contribution is 7.89. The largest absolute Gasteiger partial charge is 0.417 e. The summed E-state index contributed by atoms with van der Waals surface area (Å²) in [7, 11) is -0.289. The molecule has 4 aromatic rings. The van der Waals surface area contributed by atoms with Crippen LogP contribution in [-0.4, -0.2) is 73.9 Å². The molecule has 2 aliphatic rings. The number of aromatic nitrogens is 2. The number of benzene rings is 3. The summed E-state index contributed by atoms with van der Waals surface area (Å²) in [5.74, 6) is -0.716. The van der Waals surface area contributed by atoms with Crippen molar-refractivity contribution >= 4 is 38.6 Å². The minimum atomic E-state index is -4.85. The molecule has 1 heterocycles. The summed E-state index contributed by atoms with van der Waals surface area (Å²) in [6.45, 7) is 0.551. The highest BCUT2D eigenvalue weighted by atomic mass is 32.2. The molecule has 0 bridgehead atoms. The molecule has 12 nitrogen and oxygen atoms in total. The number of hydrogen-bond donors (Lipinski definition) is 6. The number of carbonyl (C=O) groups is 2. The van der Waals surface area contributed by atoms with Gasteiger partial charge in [0.2, 0.25) is 21.8 Å². The second-order valence-corrected chi connectivity index (χ2v) is 16.8. The molecular weight excluding hydrogens is 736 g/mol. The van der Waals surface area contributed by atoms with Crippen molar-refractivity contribution in [3.8, 4) is 11.1 Å². The van der Waals surface area contributed by atoms with Crippen molar-refractivity contribution in [3.05, 3.63) is 82.3 Å². The van der Waals surface area contributed by atoms with E-state index in [0.717, 1.165) is 25.7 Å². The SMILES string of the molecule is CN(C)C1CCC(NS(=O)(=O)c2ccc(-c3ccc(CC(NC(=O)C4CCC(CN)CC4)C(=O)Nc4ccc5[nH]c(=O)[nH]c5c4)cc3)c(C(F)(F)F)c2)CC1. The summed E-state index contributed by atoms with van der Waals surface area (Å²) in [5.41, 5.74) is 6.35. The monoisotopic (exact) mass is 783 g/mol. The van der Waals surface area contributed by atoms with Crippen LogP contribution in [0, 0.1) is 11.8 Å². The summed E-state index contributed by atoms with van der Waals surface area (Å²) in [6, 6.07) is 12.9. The van der Waals surface area contributed by atoms with Gasteiger partial charge in [0.15, 0.2) is 0 Å². The number of rotatable bonds is 12. The molecule has 0 aliphatic heterocycles. The van der Waals surface area contributed by atoms with E-state index in [4.69, 9.17) is 5.73 Å². The Kier molecular flexibility index (Phi) is 12.2. The maximum absolute atomic E-state index is 14.5. The van der Waals surface area contributed by atoms with Gasteiger partial charge >= 0.3 is 11.9 Å². The van der Waals surface area contributed by atoms with Crippen molar-refractivity contribution in [1.82, 2.24) is 24.9 Å². The first-order valence-corrected chi connectivity index (χ1v) is 20.1. The Morgan fingerprint density at radius 2 is 1.56 bits per heavy atom. The molecule has 296 valence electrons. The third-order valence-corrected chi connectivity index (χ3v) is 12.5. The lowest BCUT2D eigenvalue weighted by molar-refractivity contribution is -0.137. The molecule has 6 rings (SSSR count). The van der Waals surface area contributed by atoms with Crippen molar-refractivity contribution < 1.29 is 31.2 Å². The number of imidazole rings is 1. The standard InChI is InChI=1S/C39H48F3N7O5S/c1-49(2)29-14-11-27(12-15-29)48-55(53,54)30-16-17-31(32(21-30)39(40,41)42)25-7-3-23(4-8-25)19-35(45-36(50)26-9-5-24(22-43)6-10-26)37(51)44-28-13-18-33-34(20-28)47-38(52)46-33/h3-4,7-8,13,16-18,20-21,24,26-27,29,35,48H,5-6,9-12,14-15,19,22,43H2,1-2H3,(H,44,51)(H,45,50)(H2,46,47,52). The minimum Gasteiger partial charge on any atom is -0.344 e. The van der Waals surface area contributed by atoms with Gasteiger partial charge in [-0.2, -0.15) is 13.2 Å². The van der Waals surface area contributed by atoms with Crippen LogP contribution in [0.2, 0.25) is 0 Å². The van der Waals surface area contributed by atoms with Crippen molar-refractivity contribution in [2.24, 2.45) is 17.6 Å². The number of nitrogens with two attached hydrogens (primary N) is 1. The van der Waals surface area contributed by atoms with Crippen molar-refractivity contribution in [3.63, 3.8) is 0 Å². The number of sulfonamides is 1. The van der Waals surface area contributed by atoms with Crippen LogP contribution in [0.4, 0.5) is 18.9 Å². The van der Waals surface area contributed by atoms with Crippen LogP contribution in [-0.2, 0) is 32.2 Å². The molecule has 2 saturated carbocycles. The van der Waals surface area contributed by atoms with Crippen LogP contribution in [0.3, 0.4) is 0 Å². The van der Waals surface area contributed by atoms with Crippen molar-refractivity contribution in [2.45, 2.75) is 87.0 Å². The van der Waals surface area contributed by atoms with Gasteiger partial charge in [0.05, 0.1) is 21.5 Å². The van der Waals surface area contributed by atoms with E-state index < -0.39 is 44.3 Å². The highest BCUT2D eigenvalue weighted by Gasteiger charge is 2.36. The molecule has 7 N–H and O–H groups in total. The number of nitrogens with zero attached hydrogens (tertiary/aromatic N) is 1. The molecule has 16 heteroatoms. The number of aromatic amines is 2. The second kappa shape index (κ2) is 16.7. The number of carbonyl (C=O) groups excluding carboxylic acids is 2. The third-order valence-electron chi connectivity index (χ3n) is 11.0. The maximum Gasteiger partial charge on any atom is 0.417 e. The Labute approximate surface area is 317 Å². The van der Waals surface area contributed by atoms with Gasteiger partial charge in [0.1, 0.15) is 6.04 Å². The third kappa shape index (κ3) is 9.84. The van der Waals surface area contributed by atoms with Gasteiger partial charge in [-0.05, 0) is 125 Å². The summed E-state index contributed by atoms with van der Waals surface area (Å²) < 4.78 is 72.5. The van der Waals surface area contributed by atoms with Crippen LogP contribution >= 0.6 is 0 Å². The molecule has 1 atom stereocenters. The van der Waals surface area contributed by atoms with Gasteiger partial charge in [-0.1, -0.05) is 30.3 Å². The molecule has 3 aromatic carbocycles. The van der Waals surface area contributed by atoms with Crippen LogP contribution in [0.25, 0.3) is 22.2 Å². The summed E-state index contributed by atoms with van der Waals surface area (Å²) >= 11 is 0. The molecule has 2 aliphatic carbocycles. The van der Waals surface area contributed by atoms with Crippen LogP contribution < -0.4 is 26.8 Å². The number of H-pyrrole nitrogens is 2. The summed E-state index contributed by atoms with van der Waals surface area (Å²) in [5, 5.41) is 5.71. The zero-order valence-electron chi connectivity index (χ0n) is 30.8. The first-order chi connectivity index (χ1) is 26.1. The molecule has 0 radical (unpaired) electrons. The average Bonchev–Trinajstić information content (AvgIpc) is 3.53. The Morgan fingerprint density at radius 1 is 0.891 bits per heavy atom. The molecule has 0 saturated heterocycles. The van der Waals surface area contributed by atoms with Crippen LogP contribution in [0.15, 0.2) is 70.4 Å². The van der Waals surface area contributed by atoms with Gasteiger partial charge in [0, 0.05) is 30.1 Å². The van der Waals surface area contributed by atoms with Crippen LogP contribution in [0.1, 0.15) is 62.5 Å². The normalized spacial score (nSPS) is 21.4. The van der Waals surface area contributed by atoms with E-state index in [1.165, 1.54) is 24.3 Å². The number of anilines is 1. The van der Waals surface area contributed by atoms with Gasteiger partial charge < -0.3 is 31.2 Å². The molecule has 1 aromatic heterocycles. The Balaban J connectivity index is 1.20. The van der Waals surface area contributed by atoms with E-state index in [0.29, 0.717) is 72.5 Å². The lowest BCUT2D eigenvalue weighted by atomic mass is 9.81. The number of amides is 2. The first kappa shape index (κ1) is 40.2. The smallest absolute Gasteiger partial charge is 0.344 e. The van der Waals surface area contributed by atoms with Gasteiger partial charge in [-0.3, -0.25) is 9.59 Å². The highest BCUT2D eigenvalue weighted by Crippen LogP contribution is 2.39. The van der Waals surface area contributed by atoms with E-state index in [-0.39, 0.29) is 35.4 Å². The van der Waals surface area contributed by atoms with Crippen molar-refractivity contribution in [1.29, 1.82) is 0 Å². The van der Waals surface area contributed by atoms with E-state index in [2.05, 4.69) is 30.2 Å². The maximum atomic E-state index is 14.5. The van der Waals surface area contributed by atoms with E-state index in [1.54, 1.807) is 30.3 Å².